The van der Waals surface area contributed by atoms with Crippen molar-refractivity contribution in [3.8, 4) is 0 Å². The lowest BCUT2D eigenvalue weighted by atomic mass is 10.4. The molecule has 0 aliphatic heterocycles. The first-order chi connectivity index (χ1) is 16.7. The molecule has 0 heterocycles. The second kappa shape index (κ2) is 42.5. The lowest BCUT2D eigenvalue weighted by Gasteiger charge is -2.01. The van der Waals surface area contributed by atoms with Crippen LogP contribution in [0.4, 0.5) is 0 Å². The molecule has 0 aromatic carbocycles. The highest BCUT2D eigenvalue weighted by atomic mass is 16.5. The van der Waals surface area contributed by atoms with E-state index in [2.05, 4.69) is 19.7 Å². The van der Waals surface area contributed by atoms with Gasteiger partial charge in [0.25, 0.3) is 0 Å². The number of aliphatic hydroxyl groups is 6. The van der Waals surface area contributed by atoms with Crippen LogP contribution in [0.2, 0.25) is 0 Å². The average molecular weight is 533 g/mol. The number of aliphatic carboxylic acids is 3. The van der Waals surface area contributed by atoms with Crippen LogP contribution in [0, 0.1) is 0 Å². The van der Waals surface area contributed by atoms with Crippen LogP contribution in [0.3, 0.4) is 0 Å². The smallest absolute Gasteiger partial charge is 0.330 e. The monoisotopic (exact) mass is 532 g/mol. The highest BCUT2D eigenvalue weighted by Gasteiger charge is 1.91. The molecule has 0 radical (unpaired) electrons. The van der Waals surface area contributed by atoms with E-state index >= 15 is 0 Å². The summed E-state index contributed by atoms with van der Waals surface area (Å²) in [5, 5.41) is 71.2. The number of hydrogen-bond donors (Lipinski definition) is 9. The molecule has 0 aliphatic rings. The molecule has 216 valence electrons. The molecule has 14 heteroatoms. The van der Waals surface area contributed by atoms with Gasteiger partial charge < -0.3 is 55.4 Å². The molecule has 36 heavy (non-hydrogen) atoms. The van der Waals surface area contributed by atoms with E-state index in [0.717, 1.165) is 6.08 Å². The number of carboxylic acid groups (broad SMARTS) is 3. The first kappa shape index (κ1) is 46.6. The Morgan fingerprint density at radius 1 is 0.722 bits per heavy atom. The van der Waals surface area contributed by atoms with E-state index < -0.39 is 24.0 Å². The maximum absolute atomic E-state index is 9.60. The Hall–Kier alpha value is -2.69. The molecule has 0 spiro atoms. The average Bonchev–Trinajstić information content (AvgIpc) is 2.82. The van der Waals surface area contributed by atoms with E-state index in [1.165, 1.54) is 20.8 Å². The summed E-state index contributed by atoms with van der Waals surface area (Å²) in [5.41, 5.74) is 0.352. The molecule has 0 aromatic heterocycles. The molecule has 1 atom stereocenters. The quantitative estimate of drug-likeness (QED) is 0.107. The molecule has 0 bridgehead atoms. The van der Waals surface area contributed by atoms with E-state index in [1.54, 1.807) is 0 Å². The summed E-state index contributed by atoms with van der Waals surface area (Å²) in [6, 6.07) is 0. The van der Waals surface area contributed by atoms with Crippen molar-refractivity contribution < 1.29 is 69.8 Å². The van der Waals surface area contributed by atoms with Gasteiger partial charge in [0.05, 0.1) is 65.6 Å². The standard InChI is InChI=1S/C6H14O4.2C4H6O2.C3H8O2.C3H4O2.C2H6O2/c7-1-3-9-5-6-10-4-2-8;2*1-3(2)4(5)6;1-3(5)2-4;1-2-3(4)5;3-1-2-4/h7-8H,1-6H2;2*1H2,2H3,(H,5,6);3-5H,2H2,1H3;2H,1H2,(H,4,5);3-4H,1-2H2. The minimum absolute atomic E-state index is 0.0417. The molecule has 0 saturated heterocycles. The third-order valence-electron chi connectivity index (χ3n) is 2.11. The summed E-state index contributed by atoms with van der Waals surface area (Å²) >= 11 is 0. The summed E-state index contributed by atoms with van der Waals surface area (Å²) < 4.78 is 9.75. The molecule has 0 aromatic rings. The van der Waals surface area contributed by atoms with Gasteiger partial charge in [-0.15, -0.1) is 0 Å². The summed E-state index contributed by atoms with van der Waals surface area (Å²) in [6.45, 7) is 15.0. The Kier molecular flexibility index (Phi) is 55.0. The van der Waals surface area contributed by atoms with Crippen LogP contribution in [-0.2, 0) is 23.9 Å². The fraction of sp³-hybridized carbons (Fsp3) is 0.591. The summed E-state index contributed by atoms with van der Waals surface area (Å²) in [5.74, 6) is -2.85. The Labute approximate surface area is 211 Å². The van der Waals surface area contributed by atoms with Gasteiger partial charge >= 0.3 is 17.9 Å². The van der Waals surface area contributed by atoms with E-state index in [0.29, 0.717) is 26.4 Å². The largest absolute Gasteiger partial charge is 0.478 e. The van der Waals surface area contributed by atoms with E-state index in [9.17, 15) is 14.4 Å². The first-order valence-corrected chi connectivity index (χ1v) is 10.2. The zero-order valence-electron chi connectivity index (χ0n) is 21.2. The van der Waals surface area contributed by atoms with Crippen LogP contribution in [0.25, 0.3) is 0 Å². The van der Waals surface area contributed by atoms with Gasteiger partial charge in [0.1, 0.15) is 0 Å². The van der Waals surface area contributed by atoms with Crippen molar-refractivity contribution in [3.05, 3.63) is 37.0 Å². The van der Waals surface area contributed by atoms with Gasteiger partial charge in [-0.05, 0) is 20.8 Å². The number of carbonyl (C=O) groups is 3. The molecule has 0 rings (SSSR count). The first-order valence-electron chi connectivity index (χ1n) is 10.2. The predicted molar refractivity (Wildman–Crippen MR) is 131 cm³/mol. The van der Waals surface area contributed by atoms with E-state index in [1.807, 2.05) is 0 Å². The lowest BCUT2D eigenvalue weighted by Crippen LogP contribution is -2.09. The summed E-state index contributed by atoms with van der Waals surface area (Å²) in [4.78, 5) is 28.4. The third kappa shape index (κ3) is 96.0. The van der Waals surface area contributed by atoms with Crippen LogP contribution >= 0.6 is 0 Å². The molecule has 0 amide bonds. The minimum atomic E-state index is -0.981. The van der Waals surface area contributed by atoms with Crippen LogP contribution in [0.1, 0.15) is 20.8 Å². The number of aliphatic hydroxyl groups excluding tert-OH is 6. The molecular weight excluding hydrogens is 488 g/mol. The van der Waals surface area contributed by atoms with Crippen molar-refractivity contribution in [1.29, 1.82) is 0 Å². The maximum Gasteiger partial charge on any atom is 0.330 e. The summed E-state index contributed by atoms with van der Waals surface area (Å²) in [7, 11) is 0. The second-order valence-electron chi connectivity index (χ2n) is 5.86. The Balaban J connectivity index is -0.0000000773. The van der Waals surface area contributed by atoms with Gasteiger partial charge in [0.15, 0.2) is 0 Å². The molecule has 0 aliphatic carbocycles. The number of ether oxygens (including phenoxy) is 2. The van der Waals surface area contributed by atoms with Crippen LogP contribution in [0.15, 0.2) is 37.0 Å². The Bertz CT molecular complexity index is 475. The lowest BCUT2D eigenvalue weighted by molar-refractivity contribution is -0.133. The molecule has 0 fully saturated rings. The van der Waals surface area contributed by atoms with Gasteiger partial charge in [-0.2, -0.15) is 0 Å². The third-order valence-corrected chi connectivity index (χ3v) is 2.11. The maximum atomic E-state index is 9.60. The second-order valence-corrected chi connectivity index (χ2v) is 5.86. The fourth-order valence-electron chi connectivity index (χ4n) is 0.451. The molecule has 0 saturated carbocycles. The zero-order valence-corrected chi connectivity index (χ0v) is 21.2. The van der Waals surface area contributed by atoms with Crippen molar-refractivity contribution in [2.24, 2.45) is 0 Å². The van der Waals surface area contributed by atoms with Crippen molar-refractivity contribution in [2.75, 3.05) is 59.5 Å². The topological polar surface area (TPSA) is 252 Å². The van der Waals surface area contributed by atoms with Gasteiger partial charge in [-0.1, -0.05) is 19.7 Å². The summed E-state index contributed by atoms with van der Waals surface area (Å²) in [6.07, 6.45) is 0.273. The van der Waals surface area contributed by atoms with Gasteiger partial charge in [-0.3, -0.25) is 0 Å². The van der Waals surface area contributed by atoms with Gasteiger partial charge in [0, 0.05) is 17.2 Å². The van der Waals surface area contributed by atoms with Gasteiger partial charge in [-0.25, -0.2) is 14.4 Å². The zero-order chi connectivity index (χ0) is 29.9. The Morgan fingerprint density at radius 2 is 0.944 bits per heavy atom. The molecular formula is C22H44O14. The fourth-order valence-corrected chi connectivity index (χ4v) is 0.451. The molecule has 14 nitrogen and oxygen atoms in total. The molecule has 1 unspecified atom stereocenters. The SMILES string of the molecule is C=C(C)C(=O)O.C=C(C)C(=O)O.C=CC(=O)O.CC(O)CO.OCCO.OCCOCCOCCO. The van der Waals surface area contributed by atoms with E-state index in [4.69, 9.17) is 55.4 Å². The number of rotatable bonds is 12. The van der Waals surface area contributed by atoms with Crippen LogP contribution in [-0.4, -0.2) is 129 Å². The minimum Gasteiger partial charge on any atom is -0.478 e. The van der Waals surface area contributed by atoms with Crippen LogP contribution in [0.5, 0.6) is 0 Å². The number of hydrogen-bond acceptors (Lipinski definition) is 11. The normalized spacial score (nSPS) is 9.14. The van der Waals surface area contributed by atoms with Crippen molar-refractivity contribution in [1.82, 2.24) is 0 Å². The number of carboxylic acids is 3. The molecule has 9 N–H and O–H groups in total. The highest BCUT2D eigenvalue weighted by molar-refractivity contribution is 5.85. The van der Waals surface area contributed by atoms with Gasteiger partial charge in [0.2, 0.25) is 0 Å². The van der Waals surface area contributed by atoms with Crippen molar-refractivity contribution >= 4 is 17.9 Å². The predicted octanol–water partition coefficient (Wildman–Crippen LogP) is -1.11. The van der Waals surface area contributed by atoms with E-state index in [-0.39, 0.29) is 44.2 Å². The Morgan fingerprint density at radius 3 is 1.03 bits per heavy atom. The van der Waals surface area contributed by atoms with Crippen molar-refractivity contribution in [3.63, 3.8) is 0 Å². The highest BCUT2D eigenvalue weighted by Crippen LogP contribution is 1.81. The van der Waals surface area contributed by atoms with Crippen LogP contribution < -0.4 is 0 Å². The van der Waals surface area contributed by atoms with Crippen molar-refractivity contribution in [2.45, 2.75) is 26.9 Å².